The van der Waals surface area contributed by atoms with Crippen molar-refractivity contribution in [3.8, 4) is 11.1 Å². The number of fused-ring (bicyclic) bond motifs is 1. The number of thiazole rings is 1. The third-order valence-corrected chi connectivity index (χ3v) is 6.93. The molecular weight excluding hydrogens is 470 g/mol. The SMILES string of the molecule is O=C(CNC(=O)C(Cc1ccc(F)cc1)c1nc2ccc(-c3ccc(F)nc3)cc2s1)NC1CC1. The number of carbonyl (C=O) groups excluding carboxylic acids is 2. The zero-order chi connectivity index (χ0) is 24.4. The maximum absolute atomic E-state index is 13.4. The van der Waals surface area contributed by atoms with E-state index < -0.39 is 11.9 Å². The van der Waals surface area contributed by atoms with Gasteiger partial charge in [-0.2, -0.15) is 4.39 Å². The summed E-state index contributed by atoms with van der Waals surface area (Å²) in [5.41, 5.74) is 3.14. The Morgan fingerprint density at radius 1 is 1.03 bits per heavy atom. The third-order valence-electron chi connectivity index (χ3n) is 5.80. The van der Waals surface area contributed by atoms with Crippen LogP contribution in [0.3, 0.4) is 0 Å². The quantitative estimate of drug-likeness (QED) is 0.358. The molecule has 6 nitrogen and oxygen atoms in total. The van der Waals surface area contributed by atoms with E-state index in [9.17, 15) is 18.4 Å². The normalized spacial score (nSPS) is 14.0. The molecule has 0 radical (unpaired) electrons. The number of nitrogens with zero attached hydrogens (tertiary/aromatic N) is 2. The molecule has 9 heteroatoms. The number of aromatic nitrogens is 2. The molecular formula is C26H22F2N4O2S. The van der Waals surface area contributed by atoms with Crippen molar-refractivity contribution in [2.45, 2.75) is 31.2 Å². The smallest absolute Gasteiger partial charge is 0.239 e. The number of pyridine rings is 1. The molecule has 1 unspecified atom stereocenters. The van der Waals surface area contributed by atoms with E-state index >= 15 is 0 Å². The Labute approximate surface area is 204 Å². The predicted octanol–water partition coefficient (Wildman–Crippen LogP) is 4.36. The summed E-state index contributed by atoms with van der Waals surface area (Å²) >= 11 is 1.38. The summed E-state index contributed by atoms with van der Waals surface area (Å²) in [6, 6.07) is 14.8. The first-order chi connectivity index (χ1) is 16.9. The average Bonchev–Trinajstić information content (AvgIpc) is 3.57. The van der Waals surface area contributed by atoms with Gasteiger partial charge >= 0.3 is 0 Å². The van der Waals surface area contributed by atoms with Gasteiger partial charge in [0.15, 0.2) is 0 Å². The van der Waals surface area contributed by atoms with Crippen molar-refractivity contribution in [2.75, 3.05) is 6.54 Å². The lowest BCUT2D eigenvalue weighted by atomic mass is 9.99. The van der Waals surface area contributed by atoms with Crippen LogP contribution in [-0.2, 0) is 16.0 Å². The lowest BCUT2D eigenvalue weighted by molar-refractivity contribution is -0.127. The molecule has 0 spiro atoms. The van der Waals surface area contributed by atoms with Crippen molar-refractivity contribution in [1.29, 1.82) is 0 Å². The van der Waals surface area contributed by atoms with E-state index in [1.54, 1.807) is 18.2 Å². The van der Waals surface area contributed by atoms with E-state index in [0.29, 0.717) is 11.4 Å². The minimum atomic E-state index is -0.650. The van der Waals surface area contributed by atoms with Crippen LogP contribution in [-0.4, -0.2) is 34.4 Å². The largest absolute Gasteiger partial charge is 0.352 e. The van der Waals surface area contributed by atoms with Crippen LogP contribution in [0.5, 0.6) is 0 Å². The summed E-state index contributed by atoms with van der Waals surface area (Å²) in [4.78, 5) is 33.7. The maximum atomic E-state index is 13.4. The second-order valence-corrected chi connectivity index (χ2v) is 9.61. The highest BCUT2D eigenvalue weighted by Gasteiger charge is 2.27. The van der Waals surface area contributed by atoms with Crippen LogP contribution in [0.15, 0.2) is 60.8 Å². The molecule has 5 rings (SSSR count). The molecule has 1 saturated carbocycles. The van der Waals surface area contributed by atoms with Crippen LogP contribution in [0.4, 0.5) is 8.78 Å². The molecule has 4 aromatic rings. The highest BCUT2D eigenvalue weighted by Crippen LogP contribution is 2.33. The second-order valence-electron chi connectivity index (χ2n) is 8.55. The molecule has 1 aliphatic carbocycles. The standard InChI is InChI=1S/C26H22F2N4O2S/c27-18-5-1-15(2-6-18)11-20(25(34)30-14-24(33)31-19-7-8-19)26-32-21-9-3-16(12-22(21)35-26)17-4-10-23(28)29-13-17/h1-6,9-10,12-13,19-20H,7-8,11,14H2,(H,30,34)(H,31,33). The maximum Gasteiger partial charge on any atom is 0.239 e. The van der Waals surface area contributed by atoms with Gasteiger partial charge in [-0.15, -0.1) is 11.3 Å². The van der Waals surface area contributed by atoms with E-state index in [4.69, 9.17) is 0 Å². The Bertz CT molecular complexity index is 1370. The molecule has 2 amide bonds. The van der Waals surface area contributed by atoms with E-state index in [1.165, 1.54) is 35.7 Å². The molecule has 178 valence electrons. The number of halogens is 2. The number of hydrogen-bond donors (Lipinski definition) is 2. The van der Waals surface area contributed by atoms with Gasteiger partial charge < -0.3 is 10.6 Å². The number of amides is 2. The van der Waals surface area contributed by atoms with Gasteiger partial charge in [-0.05, 0) is 66.8 Å². The Morgan fingerprint density at radius 3 is 2.51 bits per heavy atom. The first kappa shape index (κ1) is 23.0. The summed E-state index contributed by atoms with van der Waals surface area (Å²) in [6.45, 7) is -0.109. The van der Waals surface area contributed by atoms with Crippen molar-refractivity contribution in [3.63, 3.8) is 0 Å². The Hall–Kier alpha value is -3.72. The molecule has 35 heavy (non-hydrogen) atoms. The fourth-order valence-corrected chi connectivity index (χ4v) is 4.87. The molecule has 2 aromatic heterocycles. The average molecular weight is 493 g/mol. The second kappa shape index (κ2) is 9.87. The fourth-order valence-electron chi connectivity index (χ4n) is 3.76. The molecule has 2 heterocycles. The first-order valence-corrected chi connectivity index (χ1v) is 12.1. The highest BCUT2D eigenvalue weighted by molar-refractivity contribution is 7.18. The summed E-state index contributed by atoms with van der Waals surface area (Å²) in [6.07, 6.45) is 3.71. The fraction of sp³-hybridized carbons (Fsp3) is 0.231. The van der Waals surface area contributed by atoms with E-state index in [2.05, 4.69) is 20.6 Å². The van der Waals surface area contributed by atoms with E-state index in [1.807, 2.05) is 18.2 Å². The van der Waals surface area contributed by atoms with Crippen LogP contribution in [0.2, 0.25) is 0 Å². The van der Waals surface area contributed by atoms with Gasteiger partial charge in [0.1, 0.15) is 10.8 Å². The lowest BCUT2D eigenvalue weighted by Crippen LogP contribution is -2.40. The summed E-state index contributed by atoms with van der Waals surface area (Å²) in [5.74, 6) is -2.09. The van der Waals surface area contributed by atoms with Crippen LogP contribution in [0, 0.1) is 11.8 Å². The van der Waals surface area contributed by atoms with Gasteiger partial charge in [-0.3, -0.25) is 9.59 Å². The minimum absolute atomic E-state index is 0.109. The number of rotatable bonds is 8. The zero-order valence-corrected chi connectivity index (χ0v) is 19.4. The summed E-state index contributed by atoms with van der Waals surface area (Å²) in [5, 5.41) is 6.18. The molecule has 1 fully saturated rings. The van der Waals surface area contributed by atoms with E-state index in [0.717, 1.165) is 39.7 Å². The van der Waals surface area contributed by atoms with Crippen LogP contribution in [0.25, 0.3) is 21.3 Å². The monoisotopic (exact) mass is 492 g/mol. The third kappa shape index (κ3) is 5.68. The predicted molar refractivity (Wildman–Crippen MR) is 130 cm³/mol. The Balaban J connectivity index is 1.41. The topological polar surface area (TPSA) is 84.0 Å². The summed E-state index contributed by atoms with van der Waals surface area (Å²) < 4.78 is 27.5. The van der Waals surface area contributed by atoms with Crippen LogP contribution >= 0.6 is 11.3 Å². The number of nitrogens with one attached hydrogen (secondary N) is 2. The van der Waals surface area contributed by atoms with Gasteiger partial charge in [-0.1, -0.05) is 18.2 Å². The van der Waals surface area contributed by atoms with Gasteiger partial charge in [-0.25, -0.2) is 14.4 Å². The van der Waals surface area contributed by atoms with Crippen molar-refractivity contribution < 1.29 is 18.4 Å². The van der Waals surface area contributed by atoms with Gasteiger partial charge in [0, 0.05) is 17.8 Å². The van der Waals surface area contributed by atoms with Gasteiger partial charge in [0.25, 0.3) is 0 Å². The number of hydrogen-bond acceptors (Lipinski definition) is 5. The minimum Gasteiger partial charge on any atom is -0.352 e. The lowest BCUT2D eigenvalue weighted by Gasteiger charge is -2.15. The number of benzene rings is 2. The van der Waals surface area contributed by atoms with E-state index in [-0.39, 0.29) is 30.2 Å². The molecule has 0 aliphatic heterocycles. The Morgan fingerprint density at radius 2 is 1.80 bits per heavy atom. The zero-order valence-electron chi connectivity index (χ0n) is 18.6. The number of carbonyl (C=O) groups is 2. The van der Waals surface area contributed by atoms with Crippen molar-refractivity contribution in [3.05, 3.63) is 83.1 Å². The van der Waals surface area contributed by atoms with Crippen molar-refractivity contribution in [2.24, 2.45) is 0 Å². The van der Waals surface area contributed by atoms with Crippen molar-refractivity contribution >= 4 is 33.4 Å². The molecule has 1 aliphatic rings. The molecule has 2 N–H and O–H groups in total. The molecule has 1 atom stereocenters. The van der Waals surface area contributed by atoms with Crippen molar-refractivity contribution in [1.82, 2.24) is 20.6 Å². The van der Waals surface area contributed by atoms with Crippen LogP contribution in [0.1, 0.15) is 29.3 Å². The molecule has 0 saturated heterocycles. The van der Waals surface area contributed by atoms with Gasteiger partial charge in [0.2, 0.25) is 17.8 Å². The van der Waals surface area contributed by atoms with Crippen LogP contribution < -0.4 is 10.6 Å². The highest BCUT2D eigenvalue weighted by atomic mass is 32.1. The summed E-state index contributed by atoms with van der Waals surface area (Å²) in [7, 11) is 0. The molecule has 0 bridgehead atoms. The van der Waals surface area contributed by atoms with Gasteiger partial charge in [0.05, 0.1) is 22.7 Å². The first-order valence-electron chi connectivity index (χ1n) is 11.3. The molecule has 2 aromatic carbocycles. The Kier molecular flexibility index (Phi) is 6.50.